The van der Waals surface area contributed by atoms with Gasteiger partial charge in [-0.2, -0.15) is 0 Å². The molecule has 13 heavy (non-hydrogen) atoms. The molecular weight excluding hydrogens is 160 g/mol. The largest absolute Gasteiger partial charge is 0.373 e. The first-order valence-corrected chi connectivity index (χ1v) is 4.91. The van der Waals surface area contributed by atoms with Crippen LogP contribution in [0, 0.1) is 5.92 Å². The van der Waals surface area contributed by atoms with Crippen LogP contribution in [0.5, 0.6) is 0 Å². The quantitative estimate of drug-likeness (QED) is 0.627. The molecular formula is C11H16N2. The van der Waals surface area contributed by atoms with Gasteiger partial charge < -0.3 is 4.90 Å². The van der Waals surface area contributed by atoms with Crippen LogP contribution in [0.3, 0.4) is 0 Å². The van der Waals surface area contributed by atoms with Gasteiger partial charge in [0.15, 0.2) is 0 Å². The lowest BCUT2D eigenvalue weighted by molar-refractivity contribution is 0.355. The Kier molecular flexibility index (Phi) is 2.21. The highest BCUT2D eigenvalue weighted by atomic mass is 15.1. The zero-order chi connectivity index (χ0) is 9.26. The third kappa shape index (κ3) is 1.82. The molecule has 2 aliphatic rings. The zero-order valence-electron chi connectivity index (χ0n) is 8.33. The first kappa shape index (κ1) is 8.54. The molecule has 0 aromatic carbocycles. The SMILES string of the molecule is CC(C)CN1C=C2C=NCC2=CC1. The standard InChI is InChI=1S/C11H16N2/c1-9(2)7-13-4-3-10-5-12-6-11(10)8-13/h3,6,8-9H,4-5,7H2,1-2H3. The summed E-state index contributed by atoms with van der Waals surface area (Å²) in [5.74, 6) is 0.727. The van der Waals surface area contributed by atoms with E-state index in [9.17, 15) is 0 Å². The highest BCUT2D eigenvalue weighted by Crippen LogP contribution is 2.20. The number of nitrogens with zero attached hydrogens (tertiary/aromatic N) is 2. The first-order valence-electron chi connectivity index (χ1n) is 4.91. The average molecular weight is 176 g/mol. The first-order chi connectivity index (χ1) is 6.25. The van der Waals surface area contributed by atoms with Gasteiger partial charge in [-0.15, -0.1) is 0 Å². The van der Waals surface area contributed by atoms with Crippen molar-refractivity contribution in [1.82, 2.24) is 4.90 Å². The van der Waals surface area contributed by atoms with Crippen LogP contribution in [-0.4, -0.2) is 30.7 Å². The second kappa shape index (κ2) is 3.36. The third-order valence-electron chi connectivity index (χ3n) is 2.36. The fourth-order valence-corrected chi connectivity index (χ4v) is 1.79. The van der Waals surface area contributed by atoms with E-state index in [1.165, 1.54) is 11.1 Å². The predicted molar refractivity (Wildman–Crippen MR) is 55.9 cm³/mol. The van der Waals surface area contributed by atoms with Gasteiger partial charge in [-0.1, -0.05) is 19.9 Å². The molecule has 0 saturated carbocycles. The molecule has 0 aliphatic carbocycles. The molecule has 0 unspecified atom stereocenters. The molecule has 2 nitrogen and oxygen atoms in total. The molecule has 2 rings (SSSR count). The zero-order valence-corrected chi connectivity index (χ0v) is 8.33. The Labute approximate surface area is 79.7 Å². The van der Waals surface area contributed by atoms with Crippen LogP contribution in [0.1, 0.15) is 13.8 Å². The lowest BCUT2D eigenvalue weighted by Gasteiger charge is -2.25. The molecule has 0 fully saturated rings. The van der Waals surface area contributed by atoms with Crippen molar-refractivity contribution in [3.8, 4) is 0 Å². The molecule has 2 heteroatoms. The molecule has 0 amide bonds. The van der Waals surface area contributed by atoms with Gasteiger partial charge in [0.1, 0.15) is 0 Å². The molecule has 0 saturated heterocycles. The Morgan fingerprint density at radius 2 is 2.38 bits per heavy atom. The van der Waals surface area contributed by atoms with E-state index in [4.69, 9.17) is 0 Å². The van der Waals surface area contributed by atoms with Crippen LogP contribution in [0.15, 0.2) is 28.4 Å². The summed E-state index contributed by atoms with van der Waals surface area (Å²) in [6.07, 6.45) is 6.52. The van der Waals surface area contributed by atoms with Gasteiger partial charge in [0.05, 0.1) is 6.54 Å². The second-order valence-corrected chi connectivity index (χ2v) is 4.13. The second-order valence-electron chi connectivity index (χ2n) is 4.13. The predicted octanol–water partition coefficient (Wildman–Crippen LogP) is 1.85. The summed E-state index contributed by atoms with van der Waals surface area (Å²) in [6, 6.07) is 0. The molecule has 70 valence electrons. The highest BCUT2D eigenvalue weighted by Gasteiger charge is 2.15. The maximum absolute atomic E-state index is 4.25. The lowest BCUT2D eigenvalue weighted by Crippen LogP contribution is -2.25. The van der Waals surface area contributed by atoms with Gasteiger partial charge in [0.25, 0.3) is 0 Å². The normalized spacial score (nSPS) is 20.4. The van der Waals surface area contributed by atoms with Crippen molar-refractivity contribution < 1.29 is 0 Å². The fourth-order valence-electron chi connectivity index (χ4n) is 1.79. The van der Waals surface area contributed by atoms with Crippen molar-refractivity contribution in [3.63, 3.8) is 0 Å². The molecule has 0 aromatic heterocycles. The van der Waals surface area contributed by atoms with Gasteiger partial charge >= 0.3 is 0 Å². The van der Waals surface area contributed by atoms with E-state index in [1.54, 1.807) is 0 Å². The van der Waals surface area contributed by atoms with E-state index in [1.807, 2.05) is 6.21 Å². The van der Waals surface area contributed by atoms with Gasteiger partial charge in [0.2, 0.25) is 0 Å². The van der Waals surface area contributed by atoms with Gasteiger partial charge in [-0.3, -0.25) is 4.99 Å². The maximum Gasteiger partial charge on any atom is 0.0644 e. The average Bonchev–Trinajstić information content (AvgIpc) is 2.49. The van der Waals surface area contributed by atoms with Crippen molar-refractivity contribution in [1.29, 1.82) is 0 Å². The monoisotopic (exact) mass is 176 g/mol. The molecule has 0 spiro atoms. The van der Waals surface area contributed by atoms with Gasteiger partial charge in [0, 0.05) is 31.1 Å². The summed E-state index contributed by atoms with van der Waals surface area (Å²) in [4.78, 5) is 6.62. The van der Waals surface area contributed by atoms with E-state index in [2.05, 4.69) is 36.0 Å². The van der Waals surface area contributed by atoms with Crippen LogP contribution < -0.4 is 0 Å². The summed E-state index contributed by atoms with van der Waals surface area (Å²) >= 11 is 0. The third-order valence-corrected chi connectivity index (χ3v) is 2.36. The minimum atomic E-state index is 0.727. The summed E-state index contributed by atoms with van der Waals surface area (Å²) in [5, 5.41) is 0. The van der Waals surface area contributed by atoms with Crippen molar-refractivity contribution in [2.45, 2.75) is 13.8 Å². The summed E-state index contributed by atoms with van der Waals surface area (Å²) in [7, 11) is 0. The maximum atomic E-state index is 4.25. The summed E-state index contributed by atoms with van der Waals surface area (Å²) < 4.78 is 0. The molecule has 0 bridgehead atoms. The molecule has 0 radical (unpaired) electrons. The Morgan fingerprint density at radius 3 is 3.15 bits per heavy atom. The molecule has 2 aliphatic heterocycles. The van der Waals surface area contributed by atoms with E-state index in [-0.39, 0.29) is 0 Å². The van der Waals surface area contributed by atoms with Crippen LogP contribution in [0.25, 0.3) is 0 Å². The molecule has 0 aromatic rings. The minimum Gasteiger partial charge on any atom is -0.373 e. The highest BCUT2D eigenvalue weighted by molar-refractivity contribution is 5.88. The van der Waals surface area contributed by atoms with Crippen LogP contribution in [0.4, 0.5) is 0 Å². The van der Waals surface area contributed by atoms with Crippen molar-refractivity contribution in [2.24, 2.45) is 10.9 Å². The van der Waals surface area contributed by atoms with E-state index in [0.717, 1.165) is 25.6 Å². The van der Waals surface area contributed by atoms with Crippen LogP contribution >= 0.6 is 0 Å². The van der Waals surface area contributed by atoms with Crippen LogP contribution in [0.2, 0.25) is 0 Å². The topological polar surface area (TPSA) is 15.6 Å². The van der Waals surface area contributed by atoms with Gasteiger partial charge in [-0.25, -0.2) is 0 Å². The Morgan fingerprint density at radius 1 is 1.54 bits per heavy atom. The molecule has 0 N–H and O–H groups in total. The Balaban J connectivity index is 2.05. The number of hydrogen-bond acceptors (Lipinski definition) is 2. The van der Waals surface area contributed by atoms with E-state index >= 15 is 0 Å². The fraction of sp³-hybridized carbons (Fsp3) is 0.545. The smallest absolute Gasteiger partial charge is 0.0644 e. The van der Waals surface area contributed by atoms with E-state index < -0.39 is 0 Å². The van der Waals surface area contributed by atoms with Crippen molar-refractivity contribution in [2.75, 3.05) is 19.6 Å². The van der Waals surface area contributed by atoms with Crippen LogP contribution in [-0.2, 0) is 0 Å². The Hall–Kier alpha value is -1.05. The summed E-state index contributed by atoms with van der Waals surface area (Å²) in [6.45, 7) is 7.59. The number of fused-ring (bicyclic) bond motifs is 1. The Bertz CT molecular complexity index is 284. The number of rotatable bonds is 2. The van der Waals surface area contributed by atoms with E-state index in [0.29, 0.717) is 0 Å². The number of aliphatic imine (C=N–C) groups is 1. The summed E-state index contributed by atoms with van der Waals surface area (Å²) in [5.41, 5.74) is 2.71. The van der Waals surface area contributed by atoms with Crippen molar-refractivity contribution >= 4 is 6.21 Å². The van der Waals surface area contributed by atoms with Gasteiger partial charge in [-0.05, 0) is 11.5 Å². The lowest BCUT2D eigenvalue weighted by atomic mass is 10.1. The molecule has 0 atom stereocenters. The minimum absolute atomic E-state index is 0.727. The molecule has 2 heterocycles. The van der Waals surface area contributed by atoms with Crippen molar-refractivity contribution in [3.05, 3.63) is 23.4 Å². The number of hydrogen-bond donors (Lipinski definition) is 0.